The maximum atomic E-state index is 5.99. The molecule has 0 aliphatic heterocycles. The topological polar surface area (TPSA) is 44.5 Å². The van der Waals surface area contributed by atoms with Gasteiger partial charge in [0.15, 0.2) is 0 Å². The van der Waals surface area contributed by atoms with Gasteiger partial charge in [0.2, 0.25) is 0 Å². The van der Waals surface area contributed by atoms with E-state index in [0.717, 1.165) is 37.5 Å². The van der Waals surface area contributed by atoms with Gasteiger partial charge in [0.25, 0.3) is 0 Å². The lowest BCUT2D eigenvalue weighted by Crippen LogP contribution is -2.18. The van der Waals surface area contributed by atoms with Gasteiger partial charge in [-0.2, -0.15) is 0 Å². The zero-order valence-electron chi connectivity index (χ0n) is 16.7. The smallest absolute Gasteiger partial charge is 0.122 e. The standard InChI is InChI=1S/C24H33NO2/c1-3-5-22(17-25)21-11-10-19-14-18(8-9-20(19)15-21)12-13-27-24-7-4-6-23(16-24)26-2/h4,6-7,10-11,15-16,18,22H,3,5,8-9,12-14,17,25H2,1-2H3/t18?,22-/m0/s1. The average molecular weight is 368 g/mol. The Morgan fingerprint density at radius 3 is 2.74 bits per heavy atom. The minimum absolute atomic E-state index is 0.509. The Labute approximate surface area is 163 Å². The molecule has 1 aliphatic carbocycles. The quantitative estimate of drug-likeness (QED) is 0.670. The summed E-state index contributed by atoms with van der Waals surface area (Å²) in [5, 5.41) is 0. The summed E-state index contributed by atoms with van der Waals surface area (Å²) in [6, 6.07) is 14.9. The lowest BCUT2D eigenvalue weighted by molar-refractivity contribution is 0.266. The number of rotatable bonds is 9. The lowest BCUT2D eigenvalue weighted by Gasteiger charge is -2.26. The lowest BCUT2D eigenvalue weighted by atomic mass is 9.80. The molecule has 0 spiro atoms. The van der Waals surface area contributed by atoms with Gasteiger partial charge in [0.1, 0.15) is 11.5 Å². The van der Waals surface area contributed by atoms with E-state index < -0.39 is 0 Å². The maximum absolute atomic E-state index is 5.99. The first-order valence-electron chi connectivity index (χ1n) is 10.3. The van der Waals surface area contributed by atoms with Crippen LogP contribution < -0.4 is 15.2 Å². The van der Waals surface area contributed by atoms with Crippen molar-refractivity contribution in [1.82, 2.24) is 0 Å². The number of aryl methyl sites for hydroxylation is 1. The Bertz CT molecular complexity index is 728. The van der Waals surface area contributed by atoms with Crippen LogP contribution in [0.4, 0.5) is 0 Å². The number of nitrogens with two attached hydrogens (primary N) is 1. The van der Waals surface area contributed by atoms with Crippen molar-refractivity contribution in [3.8, 4) is 11.5 Å². The number of ether oxygens (including phenoxy) is 2. The average Bonchev–Trinajstić information content (AvgIpc) is 2.72. The first-order chi connectivity index (χ1) is 13.2. The van der Waals surface area contributed by atoms with Gasteiger partial charge in [0.05, 0.1) is 13.7 Å². The fourth-order valence-corrected chi connectivity index (χ4v) is 4.15. The van der Waals surface area contributed by atoms with Crippen LogP contribution in [0.1, 0.15) is 55.2 Å². The van der Waals surface area contributed by atoms with Gasteiger partial charge in [-0.1, -0.05) is 37.6 Å². The number of methoxy groups -OCH3 is 1. The molecule has 1 aliphatic rings. The molecule has 2 aromatic rings. The molecule has 0 bridgehead atoms. The van der Waals surface area contributed by atoms with E-state index in [1.165, 1.54) is 42.4 Å². The summed E-state index contributed by atoms with van der Waals surface area (Å²) in [5.74, 6) is 2.94. The molecular weight excluding hydrogens is 334 g/mol. The highest BCUT2D eigenvalue weighted by Crippen LogP contribution is 2.31. The van der Waals surface area contributed by atoms with Crippen molar-refractivity contribution in [2.45, 2.75) is 51.4 Å². The second-order valence-electron chi connectivity index (χ2n) is 7.67. The van der Waals surface area contributed by atoms with Crippen LogP contribution in [0.5, 0.6) is 11.5 Å². The summed E-state index contributed by atoms with van der Waals surface area (Å²) in [5.41, 5.74) is 10.5. The fourth-order valence-electron chi connectivity index (χ4n) is 4.15. The van der Waals surface area contributed by atoms with Crippen LogP contribution in [0.2, 0.25) is 0 Å². The van der Waals surface area contributed by atoms with Gasteiger partial charge in [0, 0.05) is 6.07 Å². The normalized spacial score (nSPS) is 17.2. The Balaban J connectivity index is 1.53. The van der Waals surface area contributed by atoms with E-state index >= 15 is 0 Å². The van der Waals surface area contributed by atoms with Crippen molar-refractivity contribution in [2.75, 3.05) is 20.3 Å². The van der Waals surface area contributed by atoms with Crippen LogP contribution >= 0.6 is 0 Å². The molecule has 0 heterocycles. The van der Waals surface area contributed by atoms with E-state index in [2.05, 4.69) is 25.1 Å². The highest BCUT2D eigenvalue weighted by molar-refractivity contribution is 5.36. The molecule has 0 amide bonds. The third-order valence-electron chi connectivity index (χ3n) is 5.79. The summed E-state index contributed by atoms with van der Waals surface area (Å²) < 4.78 is 11.2. The van der Waals surface area contributed by atoms with E-state index in [1.54, 1.807) is 7.11 Å². The molecule has 0 fully saturated rings. The van der Waals surface area contributed by atoms with Gasteiger partial charge in [-0.25, -0.2) is 0 Å². The van der Waals surface area contributed by atoms with E-state index in [9.17, 15) is 0 Å². The largest absolute Gasteiger partial charge is 0.497 e. The van der Waals surface area contributed by atoms with Crippen LogP contribution in [-0.2, 0) is 12.8 Å². The van der Waals surface area contributed by atoms with Crippen molar-refractivity contribution in [1.29, 1.82) is 0 Å². The maximum Gasteiger partial charge on any atom is 0.122 e. The molecule has 3 rings (SSSR count). The zero-order chi connectivity index (χ0) is 19.1. The molecule has 1 unspecified atom stereocenters. The summed E-state index contributed by atoms with van der Waals surface area (Å²) in [4.78, 5) is 0. The van der Waals surface area contributed by atoms with Gasteiger partial charge in [-0.15, -0.1) is 0 Å². The monoisotopic (exact) mass is 367 g/mol. The highest BCUT2D eigenvalue weighted by Gasteiger charge is 2.20. The SMILES string of the molecule is CCC[C@@H](CN)c1ccc2c(c1)CCC(CCOc1cccc(OC)c1)C2. The van der Waals surface area contributed by atoms with E-state index in [-0.39, 0.29) is 0 Å². The third-order valence-corrected chi connectivity index (χ3v) is 5.79. The molecule has 2 atom stereocenters. The van der Waals surface area contributed by atoms with E-state index in [1.807, 2.05) is 24.3 Å². The third kappa shape index (κ3) is 5.26. The van der Waals surface area contributed by atoms with Crippen molar-refractivity contribution in [2.24, 2.45) is 11.7 Å². The zero-order valence-corrected chi connectivity index (χ0v) is 16.7. The summed E-state index contributed by atoms with van der Waals surface area (Å²) in [6.07, 6.45) is 7.06. The van der Waals surface area contributed by atoms with Crippen LogP contribution in [0, 0.1) is 5.92 Å². The van der Waals surface area contributed by atoms with Gasteiger partial charge in [-0.05, 0) is 79.3 Å². The van der Waals surface area contributed by atoms with Gasteiger partial charge in [-0.3, -0.25) is 0 Å². The minimum Gasteiger partial charge on any atom is -0.497 e. The molecule has 0 aromatic heterocycles. The summed E-state index contributed by atoms with van der Waals surface area (Å²) in [7, 11) is 1.68. The molecule has 2 aromatic carbocycles. The fraction of sp³-hybridized carbons (Fsp3) is 0.500. The van der Waals surface area contributed by atoms with E-state index in [0.29, 0.717) is 11.8 Å². The Morgan fingerprint density at radius 2 is 1.96 bits per heavy atom. The van der Waals surface area contributed by atoms with Crippen LogP contribution in [0.3, 0.4) is 0 Å². The number of fused-ring (bicyclic) bond motifs is 1. The minimum atomic E-state index is 0.509. The number of hydrogen-bond acceptors (Lipinski definition) is 3. The number of benzene rings is 2. The van der Waals surface area contributed by atoms with E-state index in [4.69, 9.17) is 15.2 Å². The second kappa shape index (κ2) is 9.80. The molecule has 0 saturated carbocycles. The predicted molar refractivity (Wildman–Crippen MR) is 112 cm³/mol. The van der Waals surface area contributed by atoms with Gasteiger partial charge >= 0.3 is 0 Å². The second-order valence-corrected chi connectivity index (χ2v) is 7.67. The molecule has 3 nitrogen and oxygen atoms in total. The first kappa shape index (κ1) is 19.8. The Hall–Kier alpha value is -2.00. The highest BCUT2D eigenvalue weighted by atomic mass is 16.5. The first-order valence-corrected chi connectivity index (χ1v) is 10.3. The van der Waals surface area contributed by atoms with Gasteiger partial charge < -0.3 is 15.2 Å². The van der Waals surface area contributed by atoms with Crippen LogP contribution in [-0.4, -0.2) is 20.3 Å². The molecule has 0 saturated heterocycles. The Morgan fingerprint density at radius 1 is 1.11 bits per heavy atom. The Kier molecular flexibility index (Phi) is 7.17. The summed E-state index contributed by atoms with van der Waals surface area (Å²) in [6.45, 7) is 3.74. The molecule has 27 heavy (non-hydrogen) atoms. The summed E-state index contributed by atoms with van der Waals surface area (Å²) >= 11 is 0. The number of hydrogen-bond donors (Lipinski definition) is 1. The molecule has 2 N–H and O–H groups in total. The van der Waals surface area contributed by atoms with Crippen molar-refractivity contribution in [3.63, 3.8) is 0 Å². The van der Waals surface area contributed by atoms with Crippen LogP contribution in [0.15, 0.2) is 42.5 Å². The molecular formula is C24H33NO2. The van der Waals surface area contributed by atoms with Crippen molar-refractivity contribution >= 4 is 0 Å². The molecule has 146 valence electrons. The molecule has 3 heteroatoms. The van der Waals surface area contributed by atoms with Crippen molar-refractivity contribution < 1.29 is 9.47 Å². The van der Waals surface area contributed by atoms with Crippen LogP contribution in [0.25, 0.3) is 0 Å². The predicted octanol–water partition coefficient (Wildman–Crippen LogP) is 5.11. The molecule has 0 radical (unpaired) electrons. The van der Waals surface area contributed by atoms with Crippen molar-refractivity contribution in [3.05, 3.63) is 59.2 Å².